The molecule has 1 fully saturated rings. The summed E-state index contributed by atoms with van der Waals surface area (Å²) in [7, 11) is 1.91. The molecular weight excluding hydrogens is 248 g/mol. The summed E-state index contributed by atoms with van der Waals surface area (Å²) in [5.74, 6) is 0.627. The molecule has 2 aromatic rings. The van der Waals surface area contributed by atoms with Crippen molar-refractivity contribution in [2.45, 2.75) is 44.6 Å². The molecule has 0 radical (unpaired) electrons. The summed E-state index contributed by atoms with van der Waals surface area (Å²) in [5, 5.41) is 15.3. The molecule has 0 aliphatic heterocycles. The van der Waals surface area contributed by atoms with E-state index < -0.39 is 6.10 Å². The zero-order chi connectivity index (χ0) is 14.1. The van der Waals surface area contributed by atoms with E-state index in [1.165, 1.54) is 24.8 Å². The van der Waals surface area contributed by atoms with Gasteiger partial charge in [-0.25, -0.2) is 0 Å². The Kier molecular flexibility index (Phi) is 3.62. The van der Waals surface area contributed by atoms with Crippen molar-refractivity contribution in [1.29, 1.82) is 0 Å². The molecule has 1 saturated carbocycles. The quantitative estimate of drug-likeness (QED) is 0.925. The molecule has 3 rings (SSSR count). The predicted octanol–water partition coefficient (Wildman–Crippen LogP) is 3.33. The Morgan fingerprint density at radius 3 is 2.70 bits per heavy atom. The SMILES string of the molecule is CCc1nn(C)cc1C(O)c1ccccc1C1CCC1. The Balaban J connectivity index is 1.99. The van der Waals surface area contributed by atoms with Crippen LogP contribution in [-0.4, -0.2) is 14.9 Å². The molecule has 1 atom stereocenters. The van der Waals surface area contributed by atoms with Crippen LogP contribution < -0.4 is 0 Å². The smallest absolute Gasteiger partial charge is 0.108 e. The average molecular weight is 270 g/mol. The van der Waals surface area contributed by atoms with Crippen LogP contribution in [0.1, 0.15) is 60.6 Å². The average Bonchev–Trinajstić information content (AvgIpc) is 2.78. The molecule has 1 aliphatic carbocycles. The largest absolute Gasteiger partial charge is 0.384 e. The Labute approximate surface area is 120 Å². The second kappa shape index (κ2) is 5.41. The molecule has 1 N–H and O–H groups in total. The van der Waals surface area contributed by atoms with Crippen LogP contribution in [0.15, 0.2) is 30.5 Å². The highest BCUT2D eigenvalue weighted by atomic mass is 16.3. The molecule has 1 aromatic heterocycles. The van der Waals surface area contributed by atoms with E-state index in [2.05, 4.69) is 30.2 Å². The first kappa shape index (κ1) is 13.4. The Bertz CT molecular complexity index is 599. The fourth-order valence-corrected chi connectivity index (χ4v) is 3.07. The number of benzene rings is 1. The lowest BCUT2D eigenvalue weighted by Gasteiger charge is -2.29. The van der Waals surface area contributed by atoms with Crippen LogP contribution in [-0.2, 0) is 13.5 Å². The fraction of sp³-hybridized carbons (Fsp3) is 0.471. The third-order valence-electron chi connectivity index (χ3n) is 4.40. The molecular formula is C17H22N2O. The number of aryl methyl sites for hydroxylation is 2. The van der Waals surface area contributed by atoms with Gasteiger partial charge in [0.15, 0.2) is 0 Å². The van der Waals surface area contributed by atoms with Crippen molar-refractivity contribution in [2.75, 3.05) is 0 Å². The van der Waals surface area contributed by atoms with Gasteiger partial charge in [-0.1, -0.05) is 37.6 Å². The van der Waals surface area contributed by atoms with Crippen LogP contribution in [0.4, 0.5) is 0 Å². The summed E-state index contributed by atoms with van der Waals surface area (Å²) in [4.78, 5) is 0. The van der Waals surface area contributed by atoms with Crippen LogP contribution in [0.25, 0.3) is 0 Å². The summed E-state index contributed by atoms with van der Waals surface area (Å²) >= 11 is 0. The summed E-state index contributed by atoms with van der Waals surface area (Å²) in [6, 6.07) is 8.33. The van der Waals surface area contributed by atoms with E-state index >= 15 is 0 Å². The number of aliphatic hydroxyl groups is 1. The van der Waals surface area contributed by atoms with Crippen LogP contribution in [0.5, 0.6) is 0 Å². The van der Waals surface area contributed by atoms with Gasteiger partial charge in [0.05, 0.1) is 5.69 Å². The van der Waals surface area contributed by atoms with Crippen molar-refractivity contribution in [1.82, 2.24) is 9.78 Å². The van der Waals surface area contributed by atoms with Crippen molar-refractivity contribution in [3.63, 3.8) is 0 Å². The van der Waals surface area contributed by atoms with Crippen LogP contribution in [0, 0.1) is 0 Å². The highest BCUT2D eigenvalue weighted by Gasteiger charge is 2.26. The van der Waals surface area contributed by atoms with E-state index in [0.717, 1.165) is 23.2 Å². The van der Waals surface area contributed by atoms with Gasteiger partial charge in [-0.05, 0) is 36.3 Å². The molecule has 20 heavy (non-hydrogen) atoms. The van der Waals surface area contributed by atoms with Gasteiger partial charge in [-0.15, -0.1) is 0 Å². The molecule has 1 aliphatic rings. The molecule has 0 amide bonds. The summed E-state index contributed by atoms with van der Waals surface area (Å²) in [6.45, 7) is 2.08. The minimum Gasteiger partial charge on any atom is -0.384 e. The number of rotatable bonds is 4. The van der Waals surface area contributed by atoms with E-state index in [-0.39, 0.29) is 0 Å². The summed E-state index contributed by atoms with van der Waals surface area (Å²) < 4.78 is 1.79. The number of aromatic nitrogens is 2. The zero-order valence-corrected chi connectivity index (χ0v) is 12.2. The minimum atomic E-state index is -0.560. The molecule has 1 unspecified atom stereocenters. The van der Waals surface area contributed by atoms with Gasteiger partial charge in [0.25, 0.3) is 0 Å². The minimum absolute atomic E-state index is 0.560. The summed E-state index contributed by atoms with van der Waals surface area (Å²) in [6.07, 6.45) is 6.03. The molecule has 3 heteroatoms. The third kappa shape index (κ3) is 2.27. The molecule has 3 nitrogen and oxygen atoms in total. The molecule has 0 bridgehead atoms. The second-order valence-corrected chi connectivity index (χ2v) is 5.72. The van der Waals surface area contributed by atoms with Gasteiger partial charge < -0.3 is 5.11 Å². The predicted molar refractivity (Wildman–Crippen MR) is 79.7 cm³/mol. The van der Waals surface area contributed by atoms with Crippen LogP contribution >= 0.6 is 0 Å². The number of aliphatic hydroxyl groups excluding tert-OH is 1. The first-order chi connectivity index (χ1) is 9.70. The number of hydrogen-bond donors (Lipinski definition) is 1. The van der Waals surface area contributed by atoms with Crippen molar-refractivity contribution >= 4 is 0 Å². The van der Waals surface area contributed by atoms with Gasteiger partial charge in [0.1, 0.15) is 6.10 Å². The van der Waals surface area contributed by atoms with Gasteiger partial charge >= 0.3 is 0 Å². The van der Waals surface area contributed by atoms with Gasteiger partial charge in [0, 0.05) is 18.8 Å². The van der Waals surface area contributed by atoms with E-state index in [1.807, 2.05) is 19.3 Å². The van der Waals surface area contributed by atoms with Crippen LogP contribution in [0.2, 0.25) is 0 Å². The normalized spacial score (nSPS) is 16.9. The van der Waals surface area contributed by atoms with Gasteiger partial charge in [0.2, 0.25) is 0 Å². The van der Waals surface area contributed by atoms with E-state index in [9.17, 15) is 5.11 Å². The standard InChI is InChI=1S/C17H22N2O/c1-3-16-15(11-19(2)18-16)17(20)14-10-5-4-9-13(14)12-7-6-8-12/h4-5,9-12,17,20H,3,6-8H2,1-2H3. The lowest BCUT2D eigenvalue weighted by atomic mass is 9.77. The Morgan fingerprint density at radius 2 is 2.05 bits per heavy atom. The van der Waals surface area contributed by atoms with Crippen molar-refractivity contribution in [3.8, 4) is 0 Å². The first-order valence-electron chi connectivity index (χ1n) is 7.50. The maximum atomic E-state index is 10.8. The first-order valence-corrected chi connectivity index (χ1v) is 7.50. The zero-order valence-electron chi connectivity index (χ0n) is 12.2. The molecule has 0 saturated heterocycles. The van der Waals surface area contributed by atoms with E-state index in [4.69, 9.17) is 0 Å². The highest BCUT2D eigenvalue weighted by molar-refractivity contribution is 5.39. The highest BCUT2D eigenvalue weighted by Crippen LogP contribution is 2.40. The lowest BCUT2D eigenvalue weighted by molar-refractivity contribution is 0.216. The fourth-order valence-electron chi connectivity index (χ4n) is 3.07. The summed E-state index contributed by atoms with van der Waals surface area (Å²) in [5.41, 5.74) is 4.31. The number of nitrogens with zero attached hydrogens (tertiary/aromatic N) is 2. The molecule has 106 valence electrons. The lowest BCUT2D eigenvalue weighted by Crippen LogP contribution is -2.14. The molecule has 0 spiro atoms. The van der Waals surface area contributed by atoms with Crippen LogP contribution in [0.3, 0.4) is 0 Å². The maximum Gasteiger partial charge on any atom is 0.108 e. The Morgan fingerprint density at radius 1 is 1.30 bits per heavy atom. The maximum absolute atomic E-state index is 10.8. The van der Waals surface area contributed by atoms with E-state index in [1.54, 1.807) is 4.68 Å². The topological polar surface area (TPSA) is 38.0 Å². The number of hydrogen-bond acceptors (Lipinski definition) is 2. The third-order valence-corrected chi connectivity index (χ3v) is 4.40. The Hall–Kier alpha value is -1.61. The monoisotopic (exact) mass is 270 g/mol. The van der Waals surface area contributed by atoms with Crippen molar-refractivity contribution in [3.05, 3.63) is 52.8 Å². The molecule has 1 heterocycles. The van der Waals surface area contributed by atoms with E-state index in [0.29, 0.717) is 5.92 Å². The van der Waals surface area contributed by atoms with Crippen molar-refractivity contribution in [2.24, 2.45) is 7.05 Å². The van der Waals surface area contributed by atoms with Crippen molar-refractivity contribution < 1.29 is 5.11 Å². The second-order valence-electron chi connectivity index (χ2n) is 5.72. The molecule has 1 aromatic carbocycles. The van der Waals surface area contributed by atoms with Gasteiger partial charge in [-0.3, -0.25) is 4.68 Å². The van der Waals surface area contributed by atoms with Gasteiger partial charge in [-0.2, -0.15) is 5.10 Å².